The molecule has 0 radical (unpaired) electrons. The van der Waals surface area contributed by atoms with E-state index < -0.39 is 5.60 Å². The normalized spacial score (nSPS) is 15.6. The van der Waals surface area contributed by atoms with Gasteiger partial charge < -0.3 is 5.11 Å². The Morgan fingerprint density at radius 3 is 1.93 bits per heavy atom. The van der Waals surface area contributed by atoms with Crippen molar-refractivity contribution in [1.82, 2.24) is 0 Å². The Kier molecular flexibility index (Phi) is 3.46. The first-order valence-electron chi connectivity index (χ1n) is 4.53. The molecule has 0 unspecified atom stereocenters. The summed E-state index contributed by atoms with van der Waals surface area (Å²) in [6.07, 6.45) is 0. The summed E-state index contributed by atoms with van der Waals surface area (Å²) >= 11 is 11.7. The number of benzene rings is 1. The second kappa shape index (κ2) is 4.09. The van der Waals surface area contributed by atoms with Crippen LogP contribution in [0.3, 0.4) is 0 Å². The maximum atomic E-state index is 10.2. The summed E-state index contributed by atoms with van der Waals surface area (Å²) in [5.74, 6) is 0.108. The molecule has 0 saturated heterocycles. The Morgan fingerprint density at radius 1 is 1.14 bits per heavy atom. The summed E-state index contributed by atoms with van der Waals surface area (Å²) < 4.78 is 0. The fourth-order valence-electron chi connectivity index (χ4n) is 1.18. The van der Waals surface area contributed by atoms with E-state index in [1.165, 1.54) is 0 Å². The molecule has 78 valence electrons. The highest BCUT2D eigenvalue weighted by molar-refractivity contribution is 6.34. The maximum absolute atomic E-state index is 10.2. The fraction of sp³-hybridized carbons (Fsp3) is 0.455. The first-order valence-corrected chi connectivity index (χ1v) is 5.28. The first-order chi connectivity index (χ1) is 6.34. The zero-order chi connectivity index (χ0) is 10.9. The van der Waals surface area contributed by atoms with E-state index in [1.54, 1.807) is 25.1 Å². The molecule has 1 atom stereocenters. The minimum absolute atomic E-state index is 0.108. The number of aliphatic hydroxyl groups is 1. The van der Waals surface area contributed by atoms with E-state index in [-0.39, 0.29) is 5.92 Å². The van der Waals surface area contributed by atoms with Gasteiger partial charge in [-0.05, 0) is 36.6 Å². The Labute approximate surface area is 94.7 Å². The van der Waals surface area contributed by atoms with Gasteiger partial charge in [0.05, 0.1) is 5.60 Å². The van der Waals surface area contributed by atoms with E-state index in [4.69, 9.17) is 23.2 Å². The molecule has 1 nitrogen and oxygen atoms in total. The molecule has 0 spiro atoms. The van der Waals surface area contributed by atoms with Crippen molar-refractivity contribution in [2.45, 2.75) is 26.4 Å². The van der Waals surface area contributed by atoms with Crippen molar-refractivity contribution in [3.05, 3.63) is 33.8 Å². The molecule has 0 amide bonds. The number of rotatable bonds is 2. The average Bonchev–Trinajstić information content (AvgIpc) is 2.01. The predicted octanol–water partition coefficient (Wildman–Crippen LogP) is 3.86. The molecule has 1 N–H and O–H groups in total. The quantitative estimate of drug-likeness (QED) is 0.822. The molecule has 0 fully saturated rings. The molecule has 0 heterocycles. The highest BCUT2D eigenvalue weighted by atomic mass is 35.5. The molecule has 0 aliphatic rings. The lowest BCUT2D eigenvalue weighted by Gasteiger charge is -2.28. The van der Waals surface area contributed by atoms with E-state index >= 15 is 0 Å². The molecule has 1 aromatic rings. The van der Waals surface area contributed by atoms with Crippen molar-refractivity contribution in [1.29, 1.82) is 0 Å². The summed E-state index contributed by atoms with van der Waals surface area (Å²) in [6.45, 7) is 5.67. The van der Waals surface area contributed by atoms with Crippen LogP contribution in [-0.4, -0.2) is 5.11 Å². The van der Waals surface area contributed by atoms with Crippen LogP contribution in [0.25, 0.3) is 0 Å². The summed E-state index contributed by atoms with van der Waals surface area (Å²) in [4.78, 5) is 0. The molecule has 0 bridgehead atoms. The van der Waals surface area contributed by atoms with Crippen molar-refractivity contribution in [2.75, 3.05) is 0 Å². The molecular formula is C11H14Cl2O. The van der Waals surface area contributed by atoms with Crippen LogP contribution < -0.4 is 0 Å². The van der Waals surface area contributed by atoms with Gasteiger partial charge in [-0.2, -0.15) is 0 Å². The van der Waals surface area contributed by atoms with Crippen LogP contribution in [0.5, 0.6) is 0 Å². The van der Waals surface area contributed by atoms with Gasteiger partial charge in [0.15, 0.2) is 0 Å². The topological polar surface area (TPSA) is 20.2 Å². The van der Waals surface area contributed by atoms with Crippen LogP contribution in [0.1, 0.15) is 26.3 Å². The predicted molar refractivity (Wildman–Crippen MR) is 60.9 cm³/mol. The van der Waals surface area contributed by atoms with Crippen molar-refractivity contribution >= 4 is 23.2 Å². The second-order valence-corrected chi connectivity index (χ2v) is 4.83. The molecule has 0 saturated carbocycles. The third kappa shape index (κ3) is 2.41. The summed E-state index contributed by atoms with van der Waals surface area (Å²) in [5.41, 5.74) is -0.140. The van der Waals surface area contributed by atoms with Gasteiger partial charge in [0.1, 0.15) is 0 Å². The highest BCUT2D eigenvalue weighted by Gasteiger charge is 2.27. The molecule has 0 aromatic heterocycles. The lowest BCUT2D eigenvalue weighted by molar-refractivity contribution is 0.00906. The monoisotopic (exact) mass is 232 g/mol. The Hall–Kier alpha value is -0.240. The fourth-order valence-corrected chi connectivity index (χ4v) is 1.71. The average molecular weight is 233 g/mol. The van der Waals surface area contributed by atoms with Gasteiger partial charge in [-0.25, -0.2) is 0 Å². The van der Waals surface area contributed by atoms with Gasteiger partial charge in [0, 0.05) is 10.0 Å². The summed E-state index contributed by atoms with van der Waals surface area (Å²) in [7, 11) is 0. The van der Waals surface area contributed by atoms with E-state index in [0.29, 0.717) is 10.0 Å². The number of hydrogen-bond donors (Lipinski definition) is 1. The Balaban J connectivity index is 3.18. The number of halogens is 2. The third-order valence-electron chi connectivity index (χ3n) is 2.57. The van der Waals surface area contributed by atoms with Crippen molar-refractivity contribution in [2.24, 2.45) is 5.92 Å². The van der Waals surface area contributed by atoms with Crippen molar-refractivity contribution in [3.63, 3.8) is 0 Å². The second-order valence-electron chi connectivity index (χ2n) is 3.96. The van der Waals surface area contributed by atoms with Gasteiger partial charge in [-0.3, -0.25) is 0 Å². The first kappa shape index (κ1) is 11.8. The summed E-state index contributed by atoms with van der Waals surface area (Å²) in [5, 5.41) is 11.3. The molecule has 1 aromatic carbocycles. The van der Waals surface area contributed by atoms with Gasteiger partial charge in [-0.1, -0.05) is 37.0 Å². The van der Waals surface area contributed by atoms with Crippen LogP contribution in [0.15, 0.2) is 18.2 Å². The molecule has 0 aliphatic heterocycles. The van der Waals surface area contributed by atoms with E-state index in [9.17, 15) is 5.11 Å². The van der Waals surface area contributed by atoms with Crippen LogP contribution >= 0.6 is 23.2 Å². The van der Waals surface area contributed by atoms with E-state index in [0.717, 1.165) is 5.56 Å². The zero-order valence-corrected chi connectivity index (χ0v) is 10.0. The molecule has 1 rings (SSSR count). The Morgan fingerprint density at radius 2 is 1.57 bits per heavy atom. The minimum atomic E-state index is -0.894. The summed E-state index contributed by atoms with van der Waals surface area (Å²) in [6, 6.07) is 5.14. The standard InChI is InChI=1S/C11H14Cl2O/c1-7(2)11(3,14)8-4-9(12)6-10(13)5-8/h4-7,14H,1-3H3/t11-/m1/s1. The lowest BCUT2D eigenvalue weighted by Crippen LogP contribution is -2.27. The molecule has 3 heteroatoms. The lowest BCUT2D eigenvalue weighted by atomic mass is 9.85. The largest absolute Gasteiger partial charge is 0.385 e. The smallest absolute Gasteiger partial charge is 0.0892 e. The van der Waals surface area contributed by atoms with Gasteiger partial charge >= 0.3 is 0 Å². The van der Waals surface area contributed by atoms with E-state index in [1.807, 2.05) is 13.8 Å². The number of hydrogen-bond acceptors (Lipinski definition) is 1. The molecule has 14 heavy (non-hydrogen) atoms. The zero-order valence-electron chi connectivity index (χ0n) is 8.51. The van der Waals surface area contributed by atoms with Crippen LogP contribution in [-0.2, 0) is 5.60 Å². The SMILES string of the molecule is CC(C)[C@@](C)(O)c1cc(Cl)cc(Cl)c1. The molecule has 0 aliphatic carbocycles. The Bertz CT molecular complexity index is 312. The maximum Gasteiger partial charge on any atom is 0.0892 e. The van der Waals surface area contributed by atoms with Crippen LogP contribution in [0, 0.1) is 5.92 Å². The van der Waals surface area contributed by atoms with E-state index in [2.05, 4.69) is 0 Å². The highest BCUT2D eigenvalue weighted by Crippen LogP contribution is 2.32. The van der Waals surface area contributed by atoms with Crippen LogP contribution in [0.4, 0.5) is 0 Å². The van der Waals surface area contributed by atoms with Crippen molar-refractivity contribution in [3.8, 4) is 0 Å². The van der Waals surface area contributed by atoms with Gasteiger partial charge in [-0.15, -0.1) is 0 Å². The van der Waals surface area contributed by atoms with Gasteiger partial charge in [0.2, 0.25) is 0 Å². The van der Waals surface area contributed by atoms with Crippen molar-refractivity contribution < 1.29 is 5.11 Å². The molecular weight excluding hydrogens is 219 g/mol. The van der Waals surface area contributed by atoms with Crippen LogP contribution in [0.2, 0.25) is 10.0 Å². The minimum Gasteiger partial charge on any atom is -0.385 e. The van der Waals surface area contributed by atoms with Gasteiger partial charge in [0.25, 0.3) is 0 Å². The third-order valence-corrected chi connectivity index (χ3v) is 3.01.